The van der Waals surface area contributed by atoms with Crippen molar-refractivity contribution in [1.82, 2.24) is 14.5 Å². The number of thiophene rings is 1. The summed E-state index contributed by atoms with van der Waals surface area (Å²) in [6, 6.07) is 2.75. The summed E-state index contributed by atoms with van der Waals surface area (Å²) in [5, 5.41) is 0. The maximum atomic E-state index is 12.9. The molecule has 8 heteroatoms. The summed E-state index contributed by atoms with van der Waals surface area (Å²) in [6.45, 7) is 8.91. The lowest BCUT2D eigenvalue weighted by Crippen LogP contribution is -2.54. The zero-order chi connectivity index (χ0) is 18.6. The van der Waals surface area contributed by atoms with Gasteiger partial charge in [0.1, 0.15) is 10.3 Å². The zero-order valence-corrected chi connectivity index (χ0v) is 17.1. The Labute approximate surface area is 155 Å². The van der Waals surface area contributed by atoms with Crippen molar-refractivity contribution in [1.29, 1.82) is 0 Å². The van der Waals surface area contributed by atoms with Crippen molar-refractivity contribution >= 4 is 27.3 Å². The van der Waals surface area contributed by atoms with Crippen molar-refractivity contribution < 1.29 is 13.2 Å². The van der Waals surface area contributed by atoms with Crippen LogP contribution >= 0.6 is 11.3 Å². The number of hydrogen-bond donors (Lipinski definition) is 1. The first kappa shape index (κ1) is 20.4. The highest BCUT2D eigenvalue weighted by molar-refractivity contribution is 7.91. The predicted molar refractivity (Wildman–Crippen MR) is 101 cm³/mol. The number of hydrogen-bond acceptors (Lipinski definition) is 5. The maximum absolute atomic E-state index is 12.9. The molecule has 2 rings (SSSR count). The summed E-state index contributed by atoms with van der Waals surface area (Å²) in [6.07, 6.45) is 1.30. The Morgan fingerprint density at radius 3 is 2.40 bits per heavy atom. The van der Waals surface area contributed by atoms with E-state index in [1.807, 2.05) is 33.9 Å². The van der Waals surface area contributed by atoms with Gasteiger partial charge in [0.15, 0.2) is 0 Å². The second-order valence-electron chi connectivity index (χ2n) is 7.01. The molecule has 1 N–H and O–H groups in total. The number of carbonyl (C=O) groups excluding carboxylic acids is 1. The summed E-state index contributed by atoms with van der Waals surface area (Å²) in [4.78, 5) is 17.9. The van der Waals surface area contributed by atoms with E-state index in [0.717, 1.165) is 24.4 Å². The van der Waals surface area contributed by atoms with Crippen LogP contribution in [-0.2, 0) is 21.2 Å². The fourth-order valence-corrected chi connectivity index (χ4v) is 5.37. The lowest BCUT2D eigenvalue weighted by molar-refractivity contribution is -0.135. The molecule has 0 saturated carbocycles. The summed E-state index contributed by atoms with van der Waals surface area (Å²) < 4.78 is 28.4. The van der Waals surface area contributed by atoms with E-state index < -0.39 is 16.1 Å². The predicted octanol–water partition coefficient (Wildman–Crippen LogP) is 1.78. The third kappa shape index (κ3) is 5.51. The molecular formula is C17H29N3O3S2. The van der Waals surface area contributed by atoms with Gasteiger partial charge in [-0.05, 0) is 37.9 Å². The number of amides is 1. The Balaban J connectivity index is 2.14. The monoisotopic (exact) mass is 387 g/mol. The standard InChI is InChI=1S/C17H29N3O3S2/c1-5-14-6-7-16(24-14)25(22,23)18-15(12-13(2)3)17(21)20-10-8-19(4)9-11-20/h6-7,13,15,18H,5,8-12H2,1-4H3/t15-/m0/s1. The average molecular weight is 388 g/mol. The van der Waals surface area contributed by atoms with Gasteiger partial charge < -0.3 is 9.80 Å². The van der Waals surface area contributed by atoms with Crippen LogP contribution in [0.15, 0.2) is 16.3 Å². The Hall–Kier alpha value is -0.960. The highest BCUT2D eigenvalue weighted by Crippen LogP contribution is 2.23. The lowest BCUT2D eigenvalue weighted by atomic mass is 10.0. The Morgan fingerprint density at radius 1 is 1.24 bits per heavy atom. The molecule has 1 aliphatic heterocycles. The van der Waals surface area contributed by atoms with Crippen molar-refractivity contribution in [3.63, 3.8) is 0 Å². The zero-order valence-electron chi connectivity index (χ0n) is 15.5. The second-order valence-corrected chi connectivity index (χ2v) is 10.1. The topological polar surface area (TPSA) is 69.7 Å². The number of nitrogens with zero attached hydrogens (tertiary/aromatic N) is 2. The van der Waals surface area contributed by atoms with Gasteiger partial charge in [0.25, 0.3) is 10.0 Å². The van der Waals surface area contributed by atoms with Gasteiger partial charge in [-0.25, -0.2) is 8.42 Å². The molecule has 1 aromatic rings. The van der Waals surface area contributed by atoms with E-state index in [-0.39, 0.29) is 16.0 Å². The summed E-state index contributed by atoms with van der Waals surface area (Å²) in [7, 11) is -1.65. The molecule has 1 aliphatic rings. The highest BCUT2D eigenvalue weighted by atomic mass is 32.2. The van der Waals surface area contributed by atoms with Gasteiger partial charge >= 0.3 is 0 Å². The SMILES string of the molecule is CCc1ccc(S(=O)(=O)N[C@@H](CC(C)C)C(=O)N2CCN(C)CC2)s1. The molecular weight excluding hydrogens is 358 g/mol. The summed E-state index contributed by atoms with van der Waals surface area (Å²) >= 11 is 1.27. The number of aryl methyl sites for hydroxylation is 1. The number of likely N-dealkylation sites (N-methyl/N-ethyl adjacent to an activating group) is 1. The molecule has 142 valence electrons. The largest absolute Gasteiger partial charge is 0.339 e. The van der Waals surface area contributed by atoms with Gasteiger partial charge in [-0.3, -0.25) is 4.79 Å². The number of nitrogens with one attached hydrogen (secondary N) is 1. The van der Waals surface area contributed by atoms with Crippen LogP contribution in [0, 0.1) is 5.92 Å². The molecule has 0 aromatic carbocycles. The third-order valence-electron chi connectivity index (χ3n) is 4.37. The number of sulfonamides is 1. The first-order chi connectivity index (χ1) is 11.7. The molecule has 0 unspecified atom stereocenters. The Morgan fingerprint density at radius 2 is 1.88 bits per heavy atom. The van der Waals surface area contributed by atoms with Crippen LogP contribution < -0.4 is 4.72 Å². The molecule has 1 saturated heterocycles. The van der Waals surface area contributed by atoms with E-state index in [4.69, 9.17) is 0 Å². The minimum Gasteiger partial charge on any atom is -0.339 e. The van der Waals surface area contributed by atoms with Gasteiger partial charge in [-0.2, -0.15) is 4.72 Å². The molecule has 1 aromatic heterocycles. The van der Waals surface area contributed by atoms with Crippen LogP contribution in [0.1, 0.15) is 32.1 Å². The van der Waals surface area contributed by atoms with Crippen molar-refractivity contribution in [2.24, 2.45) is 5.92 Å². The van der Waals surface area contributed by atoms with Crippen molar-refractivity contribution in [3.8, 4) is 0 Å². The first-order valence-electron chi connectivity index (χ1n) is 8.81. The molecule has 1 atom stereocenters. The van der Waals surface area contributed by atoms with Crippen LogP contribution in [-0.4, -0.2) is 63.4 Å². The third-order valence-corrected chi connectivity index (χ3v) is 7.56. The van der Waals surface area contributed by atoms with E-state index in [2.05, 4.69) is 9.62 Å². The highest BCUT2D eigenvalue weighted by Gasteiger charge is 2.31. The number of piperazine rings is 1. The minimum atomic E-state index is -3.68. The number of rotatable bonds is 7. The fraction of sp³-hybridized carbons (Fsp3) is 0.706. The maximum Gasteiger partial charge on any atom is 0.250 e. The fourth-order valence-electron chi connectivity index (χ4n) is 2.86. The smallest absolute Gasteiger partial charge is 0.250 e. The van der Waals surface area contributed by atoms with E-state index in [1.165, 1.54) is 11.3 Å². The molecule has 2 heterocycles. The van der Waals surface area contributed by atoms with E-state index >= 15 is 0 Å². The van der Waals surface area contributed by atoms with E-state index in [9.17, 15) is 13.2 Å². The molecule has 6 nitrogen and oxygen atoms in total. The van der Waals surface area contributed by atoms with Crippen LogP contribution in [0.3, 0.4) is 0 Å². The van der Waals surface area contributed by atoms with Crippen LogP contribution in [0.25, 0.3) is 0 Å². The second kappa shape index (κ2) is 8.62. The molecule has 1 amide bonds. The van der Waals surface area contributed by atoms with Crippen LogP contribution in [0.4, 0.5) is 0 Å². The molecule has 0 aliphatic carbocycles. The van der Waals surface area contributed by atoms with Gasteiger partial charge in [-0.15, -0.1) is 11.3 Å². The van der Waals surface area contributed by atoms with E-state index in [0.29, 0.717) is 19.5 Å². The summed E-state index contributed by atoms with van der Waals surface area (Å²) in [5.41, 5.74) is 0. The lowest BCUT2D eigenvalue weighted by Gasteiger charge is -2.35. The molecule has 0 bridgehead atoms. The normalized spacial score (nSPS) is 17.9. The Kier molecular flexibility index (Phi) is 7.01. The number of carbonyl (C=O) groups is 1. The van der Waals surface area contributed by atoms with Gasteiger partial charge in [-0.1, -0.05) is 20.8 Å². The summed E-state index contributed by atoms with van der Waals surface area (Å²) in [5.74, 6) is 0.108. The minimum absolute atomic E-state index is 0.113. The molecule has 0 radical (unpaired) electrons. The Bertz CT molecular complexity index is 677. The van der Waals surface area contributed by atoms with Crippen LogP contribution in [0.5, 0.6) is 0 Å². The van der Waals surface area contributed by atoms with Gasteiger partial charge in [0, 0.05) is 31.1 Å². The van der Waals surface area contributed by atoms with Gasteiger partial charge in [0.2, 0.25) is 5.91 Å². The van der Waals surface area contributed by atoms with Crippen molar-refractivity contribution in [3.05, 3.63) is 17.0 Å². The van der Waals surface area contributed by atoms with Crippen molar-refractivity contribution in [2.75, 3.05) is 33.2 Å². The quantitative estimate of drug-likeness (QED) is 0.774. The molecule has 0 spiro atoms. The average Bonchev–Trinajstić information content (AvgIpc) is 3.03. The van der Waals surface area contributed by atoms with Crippen molar-refractivity contribution in [2.45, 2.75) is 43.9 Å². The van der Waals surface area contributed by atoms with Crippen LogP contribution in [0.2, 0.25) is 0 Å². The molecule has 1 fully saturated rings. The van der Waals surface area contributed by atoms with E-state index in [1.54, 1.807) is 11.0 Å². The molecule has 25 heavy (non-hydrogen) atoms. The van der Waals surface area contributed by atoms with Gasteiger partial charge in [0.05, 0.1) is 0 Å². The first-order valence-corrected chi connectivity index (χ1v) is 11.1.